The molecule has 0 spiro atoms. The molecular weight excluding hydrogens is 310 g/mol. The molecular formula is C20H23N5. The number of benzene rings is 1. The summed E-state index contributed by atoms with van der Waals surface area (Å²) in [5.41, 5.74) is 2.09. The zero-order chi connectivity index (χ0) is 17.7. The number of rotatable bonds is 5. The first-order valence-electron chi connectivity index (χ1n) is 8.35. The van der Waals surface area contributed by atoms with E-state index in [1.54, 1.807) is 12.4 Å². The Hall–Kier alpha value is -2.95. The van der Waals surface area contributed by atoms with Crippen molar-refractivity contribution in [3.8, 4) is 11.4 Å². The van der Waals surface area contributed by atoms with Crippen LogP contribution in [0.3, 0.4) is 0 Å². The highest BCUT2D eigenvalue weighted by molar-refractivity contribution is 5.64. The lowest BCUT2D eigenvalue weighted by atomic mass is 9.97. The highest BCUT2D eigenvalue weighted by atomic mass is 15.1. The van der Waals surface area contributed by atoms with Crippen molar-refractivity contribution in [1.29, 1.82) is 0 Å². The fourth-order valence-electron chi connectivity index (χ4n) is 2.26. The average Bonchev–Trinajstić information content (AvgIpc) is 2.61. The second kappa shape index (κ2) is 7.30. The molecule has 0 fully saturated rings. The maximum absolute atomic E-state index is 4.67. The fourth-order valence-corrected chi connectivity index (χ4v) is 2.26. The Morgan fingerprint density at radius 2 is 1.56 bits per heavy atom. The van der Waals surface area contributed by atoms with Gasteiger partial charge >= 0.3 is 0 Å². The van der Waals surface area contributed by atoms with Crippen molar-refractivity contribution >= 4 is 17.3 Å². The van der Waals surface area contributed by atoms with Gasteiger partial charge in [0, 0.05) is 36.3 Å². The van der Waals surface area contributed by atoms with Gasteiger partial charge in [0.25, 0.3) is 0 Å². The van der Waals surface area contributed by atoms with Crippen LogP contribution in [0.2, 0.25) is 0 Å². The van der Waals surface area contributed by atoms with E-state index in [9.17, 15) is 0 Å². The molecule has 0 atom stereocenters. The first-order valence-corrected chi connectivity index (χ1v) is 8.35. The van der Waals surface area contributed by atoms with Crippen molar-refractivity contribution in [2.75, 3.05) is 17.2 Å². The second-order valence-electron chi connectivity index (χ2n) is 7.10. The predicted octanol–water partition coefficient (Wildman–Crippen LogP) is 4.74. The van der Waals surface area contributed by atoms with E-state index < -0.39 is 0 Å². The van der Waals surface area contributed by atoms with Crippen LogP contribution in [-0.2, 0) is 0 Å². The predicted molar refractivity (Wildman–Crippen MR) is 103 cm³/mol. The molecule has 0 aliphatic carbocycles. The molecule has 0 saturated heterocycles. The van der Waals surface area contributed by atoms with Gasteiger partial charge in [0.1, 0.15) is 11.6 Å². The number of aromatic nitrogens is 3. The average molecular weight is 333 g/mol. The van der Waals surface area contributed by atoms with E-state index >= 15 is 0 Å². The van der Waals surface area contributed by atoms with Crippen LogP contribution in [0.15, 0.2) is 60.9 Å². The highest BCUT2D eigenvalue weighted by Gasteiger charge is 2.12. The molecule has 5 nitrogen and oxygen atoms in total. The maximum Gasteiger partial charge on any atom is 0.163 e. The molecule has 2 aromatic heterocycles. The molecule has 0 radical (unpaired) electrons. The van der Waals surface area contributed by atoms with E-state index in [1.807, 2.05) is 48.5 Å². The largest absolute Gasteiger partial charge is 0.369 e. The number of hydrogen-bond acceptors (Lipinski definition) is 5. The van der Waals surface area contributed by atoms with Gasteiger partial charge in [-0.1, -0.05) is 51.1 Å². The number of pyridine rings is 1. The first-order chi connectivity index (χ1) is 12.0. The minimum absolute atomic E-state index is 0.163. The van der Waals surface area contributed by atoms with E-state index in [-0.39, 0.29) is 5.41 Å². The molecule has 0 saturated carbocycles. The van der Waals surface area contributed by atoms with Crippen LogP contribution in [-0.4, -0.2) is 21.5 Å². The topological polar surface area (TPSA) is 62.7 Å². The summed E-state index contributed by atoms with van der Waals surface area (Å²) in [6, 6.07) is 15.7. The van der Waals surface area contributed by atoms with Crippen molar-refractivity contribution in [2.45, 2.75) is 20.8 Å². The van der Waals surface area contributed by atoms with E-state index in [0.717, 1.165) is 29.4 Å². The molecule has 0 unspecified atom stereocenters. The lowest BCUT2D eigenvalue weighted by Gasteiger charge is -2.20. The normalized spacial score (nSPS) is 11.2. The van der Waals surface area contributed by atoms with Gasteiger partial charge in [0.05, 0.1) is 0 Å². The van der Waals surface area contributed by atoms with Gasteiger partial charge in [0.15, 0.2) is 5.82 Å². The molecule has 2 heterocycles. The molecule has 3 rings (SSSR count). The number of nitrogens with one attached hydrogen (secondary N) is 2. The van der Waals surface area contributed by atoms with Crippen molar-refractivity contribution < 1.29 is 0 Å². The molecule has 0 aliphatic rings. The van der Waals surface area contributed by atoms with Crippen molar-refractivity contribution in [2.24, 2.45) is 5.41 Å². The standard InChI is InChI=1S/C20H23N5/c1-20(2,3)14-22-17-13-18(23-16-9-11-21-12-10-16)25-19(24-17)15-7-5-4-6-8-15/h4-13H,14H2,1-3H3,(H2,21,22,23,24,25). The van der Waals surface area contributed by atoms with E-state index in [0.29, 0.717) is 5.82 Å². The molecule has 1 aromatic carbocycles. The second-order valence-corrected chi connectivity index (χ2v) is 7.10. The summed E-state index contributed by atoms with van der Waals surface area (Å²) in [6.07, 6.45) is 3.50. The fraction of sp³-hybridized carbons (Fsp3) is 0.250. The Bertz CT molecular complexity index is 810. The van der Waals surface area contributed by atoms with Gasteiger partial charge in [-0.25, -0.2) is 9.97 Å². The van der Waals surface area contributed by atoms with Crippen molar-refractivity contribution in [1.82, 2.24) is 15.0 Å². The minimum atomic E-state index is 0.163. The smallest absolute Gasteiger partial charge is 0.163 e. The maximum atomic E-state index is 4.67. The van der Waals surface area contributed by atoms with Gasteiger partial charge < -0.3 is 10.6 Å². The van der Waals surface area contributed by atoms with Gasteiger partial charge in [0.2, 0.25) is 0 Å². The summed E-state index contributed by atoms with van der Waals surface area (Å²) in [4.78, 5) is 13.4. The Balaban J connectivity index is 1.93. The third-order valence-corrected chi connectivity index (χ3v) is 3.51. The number of hydrogen-bond donors (Lipinski definition) is 2. The Morgan fingerprint density at radius 1 is 0.880 bits per heavy atom. The van der Waals surface area contributed by atoms with Crippen LogP contribution in [0.1, 0.15) is 20.8 Å². The van der Waals surface area contributed by atoms with Crippen molar-refractivity contribution in [3.05, 3.63) is 60.9 Å². The third kappa shape index (κ3) is 5.01. The van der Waals surface area contributed by atoms with E-state index in [2.05, 4.69) is 46.4 Å². The van der Waals surface area contributed by atoms with Crippen LogP contribution in [0.4, 0.5) is 17.3 Å². The Kier molecular flexibility index (Phi) is 4.93. The van der Waals surface area contributed by atoms with Gasteiger partial charge in [-0.2, -0.15) is 0 Å². The van der Waals surface area contributed by atoms with E-state index in [4.69, 9.17) is 0 Å². The highest BCUT2D eigenvalue weighted by Crippen LogP contribution is 2.23. The van der Waals surface area contributed by atoms with Gasteiger partial charge in [-0.15, -0.1) is 0 Å². The number of anilines is 3. The molecule has 0 aliphatic heterocycles. The Labute approximate surface area is 148 Å². The Morgan fingerprint density at radius 3 is 2.24 bits per heavy atom. The summed E-state index contributed by atoms with van der Waals surface area (Å²) in [6.45, 7) is 7.40. The minimum Gasteiger partial charge on any atom is -0.369 e. The summed E-state index contributed by atoms with van der Waals surface area (Å²) < 4.78 is 0. The SMILES string of the molecule is CC(C)(C)CNc1cc(Nc2ccncc2)nc(-c2ccccc2)n1. The zero-order valence-corrected chi connectivity index (χ0v) is 14.8. The first kappa shape index (κ1) is 16.9. The summed E-state index contributed by atoms with van der Waals surface area (Å²) in [5, 5.41) is 6.74. The van der Waals surface area contributed by atoms with Crippen molar-refractivity contribution in [3.63, 3.8) is 0 Å². The molecule has 0 amide bonds. The summed E-state index contributed by atoms with van der Waals surface area (Å²) in [5.74, 6) is 2.24. The number of nitrogens with zero attached hydrogens (tertiary/aromatic N) is 3. The monoisotopic (exact) mass is 333 g/mol. The molecule has 128 valence electrons. The zero-order valence-electron chi connectivity index (χ0n) is 14.8. The molecule has 3 aromatic rings. The quantitative estimate of drug-likeness (QED) is 0.706. The van der Waals surface area contributed by atoms with Gasteiger partial charge in [-0.3, -0.25) is 4.98 Å². The van der Waals surface area contributed by atoms with Gasteiger partial charge in [-0.05, 0) is 17.5 Å². The molecule has 25 heavy (non-hydrogen) atoms. The van der Waals surface area contributed by atoms with Crippen LogP contribution in [0, 0.1) is 5.41 Å². The lowest BCUT2D eigenvalue weighted by Crippen LogP contribution is -2.20. The molecule has 0 bridgehead atoms. The van der Waals surface area contributed by atoms with Crippen LogP contribution in [0.5, 0.6) is 0 Å². The third-order valence-electron chi connectivity index (χ3n) is 3.51. The van der Waals surface area contributed by atoms with Crippen LogP contribution in [0.25, 0.3) is 11.4 Å². The molecule has 2 N–H and O–H groups in total. The van der Waals surface area contributed by atoms with E-state index in [1.165, 1.54) is 0 Å². The van der Waals surface area contributed by atoms with Crippen LogP contribution >= 0.6 is 0 Å². The van der Waals surface area contributed by atoms with Crippen LogP contribution < -0.4 is 10.6 Å². The summed E-state index contributed by atoms with van der Waals surface area (Å²) in [7, 11) is 0. The molecule has 5 heteroatoms. The lowest BCUT2D eigenvalue weighted by molar-refractivity contribution is 0.442. The summed E-state index contributed by atoms with van der Waals surface area (Å²) >= 11 is 0.